The Kier molecular flexibility index (Phi) is 5.25. The number of amides is 1. The summed E-state index contributed by atoms with van der Waals surface area (Å²) in [5.41, 5.74) is 0.542. The predicted molar refractivity (Wildman–Crippen MR) is 91.9 cm³/mol. The van der Waals surface area contributed by atoms with E-state index in [4.69, 9.17) is 0 Å². The third-order valence-corrected chi connectivity index (χ3v) is 6.13. The monoisotopic (exact) mass is 402 g/mol. The Morgan fingerprint density at radius 2 is 1.86 bits per heavy atom. The molecule has 2 N–H and O–H groups in total. The summed E-state index contributed by atoms with van der Waals surface area (Å²) in [7, 11) is -3.72. The number of halogens is 1. The first-order valence-corrected chi connectivity index (χ1v) is 9.57. The van der Waals surface area contributed by atoms with Crippen LogP contribution in [-0.4, -0.2) is 20.4 Å². The topological polar surface area (TPSA) is 75.3 Å². The molecule has 2 aromatic rings. The predicted octanol–water partition coefficient (Wildman–Crippen LogP) is 3.45. The van der Waals surface area contributed by atoms with Gasteiger partial charge in [0.25, 0.3) is 15.9 Å². The first kappa shape index (κ1) is 17.0. The fourth-order valence-electron chi connectivity index (χ4n) is 1.75. The molecule has 1 aromatic carbocycles. The second-order valence-corrected chi connectivity index (χ2v) is 9.21. The maximum Gasteiger partial charge on any atom is 0.271 e. The first-order valence-electron chi connectivity index (χ1n) is 6.47. The molecule has 8 heteroatoms. The minimum Gasteiger partial charge on any atom is -0.350 e. The summed E-state index contributed by atoms with van der Waals surface area (Å²) in [6, 6.07) is 9.65. The van der Waals surface area contributed by atoms with Crippen LogP contribution in [0.3, 0.4) is 0 Å². The highest BCUT2D eigenvalue weighted by Crippen LogP contribution is 2.28. The van der Waals surface area contributed by atoms with Crippen LogP contribution in [0.5, 0.6) is 0 Å². The maximum atomic E-state index is 12.4. The molecular weight excluding hydrogens is 388 g/mol. The lowest BCUT2D eigenvalue weighted by Gasteiger charge is -2.13. The molecule has 0 saturated carbocycles. The van der Waals surface area contributed by atoms with Crippen molar-refractivity contribution < 1.29 is 13.2 Å². The van der Waals surface area contributed by atoms with Gasteiger partial charge >= 0.3 is 0 Å². The van der Waals surface area contributed by atoms with Gasteiger partial charge in [-0.15, -0.1) is 11.3 Å². The van der Waals surface area contributed by atoms with Crippen molar-refractivity contribution in [3.05, 3.63) is 45.7 Å². The van der Waals surface area contributed by atoms with Crippen molar-refractivity contribution in [2.45, 2.75) is 24.1 Å². The second kappa shape index (κ2) is 6.80. The average molecular weight is 403 g/mol. The van der Waals surface area contributed by atoms with E-state index >= 15 is 0 Å². The minimum atomic E-state index is -3.72. The number of rotatable bonds is 5. The summed E-state index contributed by atoms with van der Waals surface area (Å²) in [5.74, 6) is -0.319. The Bertz CT molecular complexity index is 785. The van der Waals surface area contributed by atoms with Gasteiger partial charge in [-0.3, -0.25) is 9.52 Å². The van der Waals surface area contributed by atoms with E-state index in [0.29, 0.717) is 0 Å². The van der Waals surface area contributed by atoms with Crippen molar-refractivity contribution in [1.29, 1.82) is 0 Å². The molecule has 0 aliphatic carbocycles. The Morgan fingerprint density at radius 3 is 2.45 bits per heavy atom. The molecule has 22 heavy (non-hydrogen) atoms. The second-order valence-electron chi connectivity index (χ2n) is 4.84. The summed E-state index contributed by atoms with van der Waals surface area (Å²) in [4.78, 5) is 12.2. The van der Waals surface area contributed by atoms with E-state index in [0.717, 1.165) is 15.1 Å². The van der Waals surface area contributed by atoms with Crippen LogP contribution in [-0.2, 0) is 10.0 Å². The number of nitrogens with one attached hydrogen (secondary N) is 2. The maximum absolute atomic E-state index is 12.4. The molecule has 0 spiro atoms. The van der Waals surface area contributed by atoms with E-state index in [9.17, 15) is 13.2 Å². The number of hydrogen-bond acceptors (Lipinski definition) is 4. The molecule has 1 heterocycles. The smallest absolute Gasteiger partial charge is 0.271 e. The Morgan fingerprint density at radius 1 is 1.18 bits per heavy atom. The molecule has 0 aliphatic rings. The van der Waals surface area contributed by atoms with E-state index in [1.54, 1.807) is 30.3 Å². The van der Waals surface area contributed by atoms with Gasteiger partial charge in [-0.2, -0.15) is 0 Å². The van der Waals surface area contributed by atoms with Crippen LogP contribution in [0.2, 0.25) is 0 Å². The van der Waals surface area contributed by atoms with Crippen LogP contribution < -0.4 is 10.0 Å². The highest BCUT2D eigenvalue weighted by Gasteiger charge is 2.20. The van der Waals surface area contributed by atoms with Gasteiger partial charge in [0.2, 0.25) is 0 Å². The van der Waals surface area contributed by atoms with Gasteiger partial charge in [0.1, 0.15) is 4.21 Å². The summed E-state index contributed by atoms with van der Waals surface area (Å²) < 4.78 is 28.1. The molecule has 1 aromatic heterocycles. The summed E-state index contributed by atoms with van der Waals surface area (Å²) >= 11 is 4.34. The highest BCUT2D eigenvalue weighted by atomic mass is 79.9. The molecule has 0 atom stereocenters. The van der Waals surface area contributed by atoms with Crippen molar-refractivity contribution in [2.75, 3.05) is 4.72 Å². The molecule has 2 rings (SSSR count). The van der Waals surface area contributed by atoms with Crippen molar-refractivity contribution in [1.82, 2.24) is 5.32 Å². The fourth-order valence-corrected chi connectivity index (χ4v) is 4.84. The Hall–Kier alpha value is -1.38. The van der Waals surface area contributed by atoms with Gasteiger partial charge in [0, 0.05) is 6.04 Å². The van der Waals surface area contributed by atoms with Crippen molar-refractivity contribution in [2.24, 2.45) is 0 Å². The summed E-state index contributed by atoms with van der Waals surface area (Å²) in [5, 5.41) is 2.75. The third-order valence-electron chi connectivity index (χ3n) is 2.65. The molecule has 0 fully saturated rings. The van der Waals surface area contributed by atoms with E-state index in [1.165, 1.54) is 6.07 Å². The number of carbonyl (C=O) groups is 1. The number of carbonyl (C=O) groups excluding carboxylic acids is 1. The Balaban J connectivity index is 2.32. The number of sulfonamides is 1. The average Bonchev–Trinajstić information content (AvgIpc) is 2.85. The van der Waals surface area contributed by atoms with E-state index in [-0.39, 0.29) is 27.4 Å². The van der Waals surface area contributed by atoms with Gasteiger partial charge in [0.15, 0.2) is 0 Å². The molecule has 0 radical (unpaired) electrons. The molecule has 0 unspecified atom stereocenters. The van der Waals surface area contributed by atoms with Crippen LogP contribution in [0.25, 0.3) is 0 Å². The zero-order chi connectivity index (χ0) is 16.3. The van der Waals surface area contributed by atoms with Gasteiger partial charge in [0.05, 0.1) is 15.0 Å². The van der Waals surface area contributed by atoms with Crippen LogP contribution in [0.1, 0.15) is 24.2 Å². The third kappa shape index (κ3) is 4.08. The zero-order valence-electron chi connectivity index (χ0n) is 12.0. The van der Waals surface area contributed by atoms with Gasteiger partial charge in [-0.1, -0.05) is 12.1 Å². The summed E-state index contributed by atoms with van der Waals surface area (Å²) in [6.07, 6.45) is 0. The molecule has 5 nitrogen and oxygen atoms in total. The number of benzene rings is 1. The summed E-state index contributed by atoms with van der Waals surface area (Å²) in [6.45, 7) is 3.68. The number of anilines is 1. The van der Waals surface area contributed by atoms with Crippen LogP contribution in [0.4, 0.5) is 5.69 Å². The van der Waals surface area contributed by atoms with E-state index < -0.39 is 10.0 Å². The van der Waals surface area contributed by atoms with Crippen LogP contribution >= 0.6 is 27.3 Å². The lowest BCUT2D eigenvalue weighted by molar-refractivity contribution is 0.0944. The van der Waals surface area contributed by atoms with Crippen molar-refractivity contribution in [3.8, 4) is 0 Å². The lowest BCUT2D eigenvalue weighted by Crippen LogP contribution is -2.31. The fraction of sp³-hybridized carbons (Fsp3) is 0.214. The molecular formula is C14H15BrN2O3S2. The van der Waals surface area contributed by atoms with Crippen LogP contribution in [0, 0.1) is 0 Å². The Labute approximate surface area is 141 Å². The standard InChI is InChI=1S/C14H15BrN2O3S2/c1-9(2)16-14(18)10-5-3-4-6-11(10)17-22(19,20)13-8-7-12(15)21-13/h3-9,17H,1-2H3,(H,16,18). The highest BCUT2D eigenvalue weighted by molar-refractivity contribution is 9.11. The van der Waals surface area contributed by atoms with Crippen molar-refractivity contribution in [3.63, 3.8) is 0 Å². The zero-order valence-corrected chi connectivity index (χ0v) is 15.2. The van der Waals surface area contributed by atoms with Gasteiger partial charge in [-0.05, 0) is 54.0 Å². The molecule has 1 amide bonds. The number of para-hydroxylation sites is 1. The lowest BCUT2D eigenvalue weighted by atomic mass is 10.1. The van der Waals surface area contributed by atoms with Gasteiger partial charge < -0.3 is 5.32 Å². The largest absolute Gasteiger partial charge is 0.350 e. The number of thiophene rings is 1. The van der Waals surface area contributed by atoms with Crippen molar-refractivity contribution >= 4 is 48.9 Å². The normalized spacial score (nSPS) is 11.5. The molecule has 118 valence electrons. The van der Waals surface area contributed by atoms with E-state index in [2.05, 4.69) is 26.0 Å². The molecule has 0 aliphatic heterocycles. The van der Waals surface area contributed by atoms with E-state index in [1.807, 2.05) is 13.8 Å². The first-order chi connectivity index (χ1) is 10.3. The quantitative estimate of drug-likeness (QED) is 0.803. The SMILES string of the molecule is CC(C)NC(=O)c1ccccc1NS(=O)(=O)c1ccc(Br)s1. The van der Waals surface area contributed by atoms with Gasteiger partial charge in [-0.25, -0.2) is 8.42 Å². The van der Waals surface area contributed by atoms with Crippen LogP contribution in [0.15, 0.2) is 44.4 Å². The molecule has 0 bridgehead atoms. The molecule has 0 saturated heterocycles. The number of hydrogen-bond donors (Lipinski definition) is 2. The minimum absolute atomic E-state index is 0.0367.